The maximum atomic E-state index is 14.0. The summed E-state index contributed by atoms with van der Waals surface area (Å²) >= 11 is 0. The Morgan fingerprint density at radius 2 is 1.86 bits per heavy atom. The minimum Gasteiger partial charge on any atom is -0.329 e. The number of hydrogen-bond acceptors (Lipinski definition) is 2. The van der Waals surface area contributed by atoms with E-state index in [1.807, 2.05) is 0 Å². The van der Waals surface area contributed by atoms with Crippen LogP contribution < -0.4 is 5.14 Å². The quantitative estimate of drug-likeness (QED) is 0.450. The van der Waals surface area contributed by atoms with Crippen LogP contribution in [0.15, 0.2) is 41.5 Å². The summed E-state index contributed by atoms with van der Waals surface area (Å²) in [6, 6.07) is 0.913. The first kappa shape index (κ1) is 21.2. The van der Waals surface area contributed by atoms with Crippen LogP contribution in [0, 0.1) is 17.5 Å². The molecule has 2 unspecified atom stereocenters. The largest absolute Gasteiger partial charge is 0.434 e. The Labute approximate surface area is 162 Å². The van der Waals surface area contributed by atoms with Gasteiger partial charge < -0.3 is 4.57 Å². The van der Waals surface area contributed by atoms with E-state index >= 15 is 0 Å². The lowest BCUT2D eigenvalue weighted by atomic mass is 10.00. The van der Waals surface area contributed by atoms with Gasteiger partial charge in [-0.1, -0.05) is 12.2 Å². The molecule has 0 spiro atoms. The van der Waals surface area contributed by atoms with Crippen molar-refractivity contribution in [3.8, 4) is 0 Å². The maximum Gasteiger partial charge on any atom is 0.434 e. The van der Waals surface area contributed by atoms with Crippen molar-refractivity contribution in [1.82, 2.24) is 9.55 Å². The van der Waals surface area contributed by atoms with Crippen molar-refractivity contribution >= 4 is 15.6 Å². The number of nitrogens with two attached hydrogens (primary N) is 1. The summed E-state index contributed by atoms with van der Waals surface area (Å²) in [6.07, 6.45) is 0.373. The molecule has 156 valence electrons. The van der Waals surface area contributed by atoms with Gasteiger partial charge in [-0.15, -0.1) is 0 Å². The highest BCUT2D eigenvalue weighted by Crippen LogP contribution is 2.33. The number of alkyl halides is 3. The SMILES string of the molecule is C=S(N)(=O)C1=CCC(c2nc(C(F)(F)F)cn2Cc2cc(F)c(F)cc2F)C=C1. The molecule has 0 bridgehead atoms. The van der Waals surface area contributed by atoms with Crippen molar-refractivity contribution in [2.24, 2.45) is 5.14 Å². The van der Waals surface area contributed by atoms with E-state index < -0.39 is 51.5 Å². The summed E-state index contributed by atoms with van der Waals surface area (Å²) in [5.74, 6) is -1.22. The second-order valence-corrected chi connectivity index (χ2v) is 8.43. The molecule has 1 aromatic heterocycles. The average molecular weight is 435 g/mol. The zero-order valence-corrected chi connectivity index (χ0v) is 15.5. The highest BCUT2D eigenvalue weighted by atomic mass is 32.2. The van der Waals surface area contributed by atoms with Crippen molar-refractivity contribution < 1.29 is 30.6 Å². The molecular formula is C18H15F6N3OS. The third kappa shape index (κ3) is 4.56. The number of halogens is 6. The molecule has 1 aromatic carbocycles. The van der Waals surface area contributed by atoms with Gasteiger partial charge in [-0.05, 0) is 24.4 Å². The molecule has 2 aromatic rings. The van der Waals surface area contributed by atoms with Crippen LogP contribution in [0.5, 0.6) is 0 Å². The fourth-order valence-electron chi connectivity index (χ4n) is 2.91. The molecule has 2 N–H and O–H groups in total. The van der Waals surface area contributed by atoms with Gasteiger partial charge in [0, 0.05) is 28.6 Å². The fraction of sp³-hybridized carbons (Fsp3) is 0.222. The van der Waals surface area contributed by atoms with E-state index in [0.29, 0.717) is 18.3 Å². The molecule has 2 atom stereocenters. The Morgan fingerprint density at radius 1 is 1.21 bits per heavy atom. The first-order valence-corrected chi connectivity index (χ1v) is 9.96. The smallest absolute Gasteiger partial charge is 0.329 e. The summed E-state index contributed by atoms with van der Waals surface area (Å²) in [5, 5.41) is 5.45. The summed E-state index contributed by atoms with van der Waals surface area (Å²) in [7, 11) is -2.98. The number of nitrogens with zero attached hydrogens (tertiary/aromatic N) is 2. The van der Waals surface area contributed by atoms with Crippen molar-refractivity contribution in [1.29, 1.82) is 0 Å². The molecule has 0 fully saturated rings. The van der Waals surface area contributed by atoms with E-state index in [9.17, 15) is 30.6 Å². The van der Waals surface area contributed by atoms with E-state index in [-0.39, 0.29) is 22.7 Å². The van der Waals surface area contributed by atoms with E-state index in [1.165, 1.54) is 18.2 Å². The maximum absolute atomic E-state index is 14.0. The molecule has 11 heteroatoms. The third-order valence-corrected chi connectivity index (χ3v) is 5.42. The van der Waals surface area contributed by atoms with Crippen LogP contribution in [0.3, 0.4) is 0 Å². The molecule has 3 rings (SSSR count). The van der Waals surface area contributed by atoms with Crippen LogP contribution in [0.25, 0.3) is 0 Å². The summed E-state index contributed by atoms with van der Waals surface area (Å²) < 4.78 is 92.8. The zero-order chi connectivity index (χ0) is 21.6. The minimum absolute atomic E-state index is 0.0689. The Hall–Kier alpha value is -2.53. The van der Waals surface area contributed by atoms with Gasteiger partial charge in [0.2, 0.25) is 0 Å². The summed E-state index contributed by atoms with van der Waals surface area (Å²) in [4.78, 5) is 3.85. The van der Waals surface area contributed by atoms with Crippen molar-refractivity contribution in [3.63, 3.8) is 0 Å². The normalized spacial score (nSPS) is 19.1. The van der Waals surface area contributed by atoms with Gasteiger partial charge in [0.05, 0.1) is 16.3 Å². The van der Waals surface area contributed by atoms with Gasteiger partial charge in [0.1, 0.15) is 11.6 Å². The van der Waals surface area contributed by atoms with Gasteiger partial charge >= 0.3 is 6.18 Å². The number of benzene rings is 1. The first-order valence-electron chi connectivity index (χ1n) is 8.17. The number of aromatic nitrogens is 2. The molecular weight excluding hydrogens is 420 g/mol. The number of allylic oxidation sites excluding steroid dienone is 3. The average Bonchev–Trinajstić information content (AvgIpc) is 3.03. The van der Waals surface area contributed by atoms with Crippen molar-refractivity contribution in [3.05, 3.63) is 76.0 Å². The first-order chi connectivity index (χ1) is 13.4. The molecule has 1 aliphatic rings. The van der Waals surface area contributed by atoms with Crippen LogP contribution in [0.2, 0.25) is 0 Å². The highest BCUT2D eigenvalue weighted by molar-refractivity contribution is 8.02. The van der Waals surface area contributed by atoms with Crippen LogP contribution in [0.4, 0.5) is 26.3 Å². The monoisotopic (exact) mass is 435 g/mol. The van der Waals surface area contributed by atoms with Crippen molar-refractivity contribution in [2.75, 3.05) is 0 Å². The standard InChI is InChI=1S/C18H15F6N3OS/c1-29(25,28)12-4-2-10(3-5-12)17-26-16(18(22,23)24)9-27(17)8-11-6-14(20)15(21)7-13(11)19/h2,4-7,9-10H,1,3,8H2,(H2,25,28). The Kier molecular flexibility index (Phi) is 5.39. The van der Waals surface area contributed by atoms with Gasteiger partial charge in [-0.25, -0.2) is 22.4 Å². The molecule has 1 heterocycles. The fourth-order valence-corrected chi connectivity index (χ4v) is 3.59. The minimum atomic E-state index is -4.76. The summed E-state index contributed by atoms with van der Waals surface area (Å²) in [5.41, 5.74) is -1.55. The lowest BCUT2D eigenvalue weighted by Crippen LogP contribution is -2.16. The van der Waals surface area contributed by atoms with E-state index in [0.717, 1.165) is 4.57 Å². The zero-order valence-electron chi connectivity index (χ0n) is 14.7. The molecule has 0 saturated carbocycles. The lowest BCUT2D eigenvalue weighted by Gasteiger charge is -2.18. The number of rotatable bonds is 4. The third-order valence-electron chi connectivity index (χ3n) is 4.32. The van der Waals surface area contributed by atoms with E-state index in [1.54, 1.807) is 0 Å². The van der Waals surface area contributed by atoms with Crippen LogP contribution in [-0.4, -0.2) is 19.6 Å². The predicted molar refractivity (Wildman–Crippen MR) is 96.7 cm³/mol. The van der Waals surface area contributed by atoms with Crippen LogP contribution in [0.1, 0.15) is 29.4 Å². The second-order valence-electron chi connectivity index (χ2n) is 6.50. The summed E-state index contributed by atoms with van der Waals surface area (Å²) in [6.45, 7) is -0.495. The number of hydrogen-bond donors (Lipinski definition) is 1. The van der Waals surface area contributed by atoms with Crippen molar-refractivity contribution in [2.45, 2.75) is 25.1 Å². The molecule has 0 amide bonds. The molecule has 0 saturated heterocycles. The van der Waals surface area contributed by atoms with E-state index in [2.05, 4.69) is 10.9 Å². The molecule has 1 aliphatic carbocycles. The molecule has 29 heavy (non-hydrogen) atoms. The Morgan fingerprint density at radius 3 is 2.41 bits per heavy atom. The van der Waals surface area contributed by atoms with Gasteiger partial charge in [-0.2, -0.15) is 13.2 Å². The Bertz CT molecular complexity index is 1120. The molecule has 0 aliphatic heterocycles. The molecule has 0 radical (unpaired) electrons. The van der Waals surface area contributed by atoms with E-state index in [4.69, 9.17) is 5.14 Å². The Balaban J connectivity index is 2.00. The van der Waals surface area contributed by atoms with Gasteiger partial charge in [-0.3, -0.25) is 5.14 Å². The highest BCUT2D eigenvalue weighted by Gasteiger charge is 2.36. The number of imidazole rings is 1. The topological polar surface area (TPSA) is 60.9 Å². The van der Waals surface area contributed by atoms with Crippen LogP contribution in [-0.2, 0) is 22.4 Å². The van der Waals surface area contributed by atoms with Gasteiger partial charge in [0.25, 0.3) is 0 Å². The molecule has 4 nitrogen and oxygen atoms in total. The predicted octanol–water partition coefficient (Wildman–Crippen LogP) is 3.89. The van der Waals surface area contributed by atoms with Crippen LogP contribution >= 0.6 is 0 Å². The lowest BCUT2D eigenvalue weighted by molar-refractivity contribution is -0.141. The second kappa shape index (κ2) is 7.38. The van der Waals surface area contributed by atoms with Gasteiger partial charge in [0.15, 0.2) is 17.3 Å².